The molecule has 0 aromatic heterocycles. The van der Waals surface area contributed by atoms with Crippen molar-refractivity contribution in [1.82, 2.24) is 0 Å². The maximum Gasteiger partial charge on any atom is 0.328 e. The first-order valence-electron chi connectivity index (χ1n) is 7.89. The number of hydrogen-bond donors (Lipinski definition) is 3. The molecule has 0 radical (unpaired) electrons. The van der Waals surface area contributed by atoms with Crippen molar-refractivity contribution in [2.75, 3.05) is 10.6 Å². The average Bonchev–Trinajstić information content (AvgIpc) is 2.62. The van der Waals surface area contributed by atoms with Crippen LogP contribution in [0.25, 0.3) is 0 Å². The molecule has 0 aliphatic heterocycles. The number of nitrogens with one attached hydrogen (secondary N) is 2. The average molecular weight is 388 g/mol. The summed E-state index contributed by atoms with van der Waals surface area (Å²) in [4.78, 5) is 35.0. The summed E-state index contributed by atoms with van der Waals surface area (Å²) in [7, 11) is 0. The van der Waals surface area contributed by atoms with Gasteiger partial charge in [0.1, 0.15) is 5.82 Å². The van der Waals surface area contributed by atoms with Crippen LogP contribution in [-0.4, -0.2) is 28.1 Å². The second kappa shape index (κ2) is 9.54. The molecule has 27 heavy (non-hydrogen) atoms. The summed E-state index contributed by atoms with van der Waals surface area (Å²) < 4.78 is 13.6. The van der Waals surface area contributed by atoms with Gasteiger partial charge in [-0.2, -0.15) is 0 Å². The number of carbonyl (C=O) groups excluding carboxylic acids is 2. The minimum absolute atomic E-state index is 0.112. The molecule has 0 bridgehead atoms. The fourth-order valence-corrected chi connectivity index (χ4v) is 2.96. The van der Waals surface area contributed by atoms with Gasteiger partial charge < -0.3 is 15.7 Å². The van der Waals surface area contributed by atoms with Crippen molar-refractivity contribution in [2.24, 2.45) is 0 Å². The topological polar surface area (TPSA) is 95.5 Å². The lowest BCUT2D eigenvalue weighted by Gasteiger charge is -2.13. The Bertz CT molecular complexity index is 886. The number of halogens is 1. The van der Waals surface area contributed by atoms with E-state index in [1.165, 1.54) is 30.0 Å². The molecule has 3 N–H and O–H groups in total. The lowest BCUT2D eigenvalue weighted by Crippen LogP contribution is -2.22. The van der Waals surface area contributed by atoms with Gasteiger partial charge in [0, 0.05) is 22.7 Å². The molecule has 1 unspecified atom stereocenters. The largest absolute Gasteiger partial charge is 0.478 e. The minimum atomic E-state index is -1.22. The predicted molar refractivity (Wildman–Crippen MR) is 102 cm³/mol. The molecule has 2 amide bonds. The first-order valence-corrected chi connectivity index (χ1v) is 8.77. The van der Waals surface area contributed by atoms with Crippen molar-refractivity contribution in [3.05, 3.63) is 66.5 Å². The van der Waals surface area contributed by atoms with E-state index in [4.69, 9.17) is 5.11 Å². The van der Waals surface area contributed by atoms with Gasteiger partial charge in [0.15, 0.2) is 0 Å². The number of carboxylic acids is 1. The van der Waals surface area contributed by atoms with E-state index < -0.39 is 22.9 Å². The van der Waals surface area contributed by atoms with E-state index in [0.717, 1.165) is 12.2 Å². The van der Waals surface area contributed by atoms with Crippen LogP contribution in [0.5, 0.6) is 0 Å². The van der Waals surface area contributed by atoms with Crippen molar-refractivity contribution >= 4 is 40.9 Å². The van der Waals surface area contributed by atoms with Crippen LogP contribution in [0.15, 0.2) is 65.6 Å². The van der Waals surface area contributed by atoms with E-state index >= 15 is 0 Å². The molecule has 0 saturated carbocycles. The molecule has 2 aromatic rings. The smallest absolute Gasteiger partial charge is 0.328 e. The monoisotopic (exact) mass is 388 g/mol. The molecule has 0 aliphatic rings. The third-order valence-corrected chi connectivity index (χ3v) is 4.39. The van der Waals surface area contributed by atoms with Gasteiger partial charge in [0.05, 0.1) is 10.9 Å². The summed E-state index contributed by atoms with van der Waals surface area (Å²) >= 11 is 1.24. The second-order valence-corrected chi connectivity index (χ2v) is 6.83. The van der Waals surface area contributed by atoms with Crippen LogP contribution in [0.1, 0.15) is 6.92 Å². The van der Waals surface area contributed by atoms with Gasteiger partial charge >= 0.3 is 5.97 Å². The minimum Gasteiger partial charge on any atom is -0.478 e. The Morgan fingerprint density at radius 1 is 1.07 bits per heavy atom. The third kappa shape index (κ3) is 6.59. The van der Waals surface area contributed by atoms with Crippen molar-refractivity contribution in [1.29, 1.82) is 0 Å². The summed E-state index contributed by atoms with van der Waals surface area (Å²) in [5.41, 5.74) is 0.572. The van der Waals surface area contributed by atoms with E-state index in [1.54, 1.807) is 37.3 Å². The van der Waals surface area contributed by atoms with Gasteiger partial charge in [-0.25, -0.2) is 9.18 Å². The fourth-order valence-electron chi connectivity index (χ4n) is 2.03. The van der Waals surface area contributed by atoms with Gasteiger partial charge in [-0.15, -0.1) is 11.8 Å². The summed E-state index contributed by atoms with van der Waals surface area (Å²) in [5.74, 6) is -2.67. The van der Waals surface area contributed by atoms with Crippen LogP contribution in [0.4, 0.5) is 15.8 Å². The Balaban J connectivity index is 1.98. The molecule has 140 valence electrons. The van der Waals surface area contributed by atoms with Gasteiger partial charge in [-0.1, -0.05) is 18.2 Å². The number of rotatable bonds is 7. The highest BCUT2D eigenvalue weighted by Gasteiger charge is 2.16. The van der Waals surface area contributed by atoms with E-state index in [0.29, 0.717) is 10.6 Å². The molecule has 2 rings (SSSR count). The number of carboxylic acid groups (broad SMARTS) is 1. The van der Waals surface area contributed by atoms with Crippen molar-refractivity contribution in [3.63, 3.8) is 0 Å². The molecule has 0 saturated heterocycles. The maximum atomic E-state index is 13.6. The number of carbonyl (C=O) groups is 3. The van der Waals surface area contributed by atoms with Gasteiger partial charge in [-0.05, 0) is 37.3 Å². The van der Waals surface area contributed by atoms with Crippen LogP contribution >= 0.6 is 11.8 Å². The molecular weight excluding hydrogens is 371 g/mol. The molecule has 8 heteroatoms. The van der Waals surface area contributed by atoms with Gasteiger partial charge in [0.2, 0.25) is 11.8 Å². The Morgan fingerprint density at radius 3 is 2.52 bits per heavy atom. The highest BCUT2D eigenvalue weighted by atomic mass is 32.2. The first kappa shape index (κ1) is 20.2. The highest BCUT2D eigenvalue weighted by Crippen LogP contribution is 2.27. The molecule has 2 aromatic carbocycles. The molecule has 0 aliphatic carbocycles. The fraction of sp³-hybridized carbons (Fsp3) is 0.105. The zero-order valence-electron chi connectivity index (χ0n) is 14.3. The molecule has 0 fully saturated rings. The van der Waals surface area contributed by atoms with Crippen LogP contribution in [0, 0.1) is 5.82 Å². The summed E-state index contributed by atoms with van der Waals surface area (Å²) in [6.45, 7) is 1.68. The van der Waals surface area contributed by atoms with Crippen molar-refractivity contribution in [2.45, 2.75) is 17.1 Å². The van der Waals surface area contributed by atoms with Gasteiger partial charge in [-0.3, -0.25) is 9.59 Å². The second-order valence-electron chi connectivity index (χ2n) is 5.42. The molecule has 6 nitrogen and oxygen atoms in total. The number of para-hydroxylation sites is 1. The Labute approximate surface area is 159 Å². The van der Waals surface area contributed by atoms with Crippen LogP contribution in [0.2, 0.25) is 0 Å². The van der Waals surface area contributed by atoms with Crippen molar-refractivity contribution in [3.8, 4) is 0 Å². The number of hydrogen-bond acceptors (Lipinski definition) is 4. The number of thioether (sulfide) groups is 1. The highest BCUT2D eigenvalue weighted by molar-refractivity contribution is 8.00. The number of benzene rings is 2. The first-order chi connectivity index (χ1) is 12.8. The predicted octanol–water partition coefficient (Wildman–Crippen LogP) is 3.52. The SMILES string of the molecule is CC(Sc1cccc(NC(=O)/C=C/C(=O)O)c1)C(=O)Nc1ccccc1F. The lowest BCUT2D eigenvalue weighted by molar-refractivity contribution is -0.131. The Kier molecular flexibility index (Phi) is 7.13. The third-order valence-electron chi connectivity index (χ3n) is 3.29. The number of aliphatic carboxylic acids is 1. The van der Waals surface area contributed by atoms with Crippen LogP contribution < -0.4 is 10.6 Å². The zero-order valence-corrected chi connectivity index (χ0v) is 15.1. The number of anilines is 2. The van der Waals surface area contributed by atoms with E-state index in [1.807, 2.05) is 0 Å². The normalized spacial score (nSPS) is 11.8. The van der Waals surface area contributed by atoms with Crippen LogP contribution in [-0.2, 0) is 14.4 Å². The van der Waals surface area contributed by atoms with E-state index in [2.05, 4.69) is 10.6 Å². The molecule has 0 spiro atoms. The van der Waals surface area contributed by atoms with E-state index in [-0.39, 0.29) is 11.6 Å². The van der Waals surface area contributed by atoms with Crippen molar-refractivity contribution < 1.29 is 23.9 Å². The Morgan fingerprint density at radius 2 is 1.81 bits per heavy atom. The Hall–Kier alpha value is -3.13. The summed E-state index contributed by atoms with van der Waals surface area (Å²) in [6.07, 6.45) is 1.65. The molecule has 0 heterocycles. The molecular formula is C19H17FN2O4S. The summed E-state index contributed by atoms with van der Waals surface area (Å²) in [6, 6.07) is 12.7. The maximum absolute atomic E-state index is 13.6. The van der Waals surface area contributed by atoms with E-state index in [9.17, 15) is 18.8 Å². The quantitative estimate of drug-likeness (QED) is 0.498. The lowest BCUT2D eigenvalue weighted by atomic mass is 10.3. The number of amides is 2. The van der Waals surface area contributed by atoms with Crippen LogP contribution in [0.3, 0.4) is 0 Å². The molecule has 1 atom stereocenters. The zero-order chi connectivity index (χ0) is 19.8. The summed E-state index contributed by atoms with van der Waals surface area (Å²) in [5, 5.41) is 13.1. The van der Waals surface area contributed by atoms with Gasteiger partial charge in [0.25, 0.3) is 0 Å². The standard InChI is InChI=1S/C19H17FN2O4S/c1-12(19(26)22-16-8-3-2-7-15(16)20)27-14-6-4-5-13(11-14)21-17(23)9-10-18(24)25/h2-12H,1H3,(H,21,23)(H,22,26)(H,24,25)/b10-9+.